The highest BCUT2D eigenvalue weighted by Crippen LogP contribution is 2.30. The van der Waals surface area contributed by atoms with Crippen molar-refractivity contribution in [2.75, 3.05) is 18.5 Å². The molecule has 0 atom stereocenters. The molecule has 8 nitrogen and oxygen atoms in total. The smallest absolute Gasteiger partial charge is 0.291 e. The molecule has 4 rings (SSSR count). The maximum absolute atomic E-state index is 13.0. The fourth-order valence-electron chi connectivity index (χ4n) is 3.98. The highest BCUT2D eigenvalue weighted by Gasteiger charge is 2.28. The van der Waals surface area contributed by atoms with Crippen LogP contribution in [0.15, 0.2) is 64.1 Å². The molecule has 36 heavy (non-hydrogen) atoms. The van der Waals surface area contributed by atoms with Crippen molar-refractivity contribution < 1.29 is 23.5 Å². The lowest BCUT2D eigenvalue weighted by atomic mass is 9.93. The minimum absolute atomic E-state index is 0.145. The van der Waals surface area contributed by atoms with E-state index in [2.05, 4.69) is 22.8 Å². The van der Waals surface area contributed by atoms with Gasteiger partial charge in [-0.05, 0) is 62.6 Å². The van der Waals surface area contributed by atoms with Gasteiger partial charge in [0.1, 0.15) is 17.3 Å². The summed E-state index contributed by atoms with van der Waals surface area (Å²) >= 11 is 0. The lowest BCUT2D eigenvalue weighted by Crippen LogP contribution is -2.27. The first-order valence-electron chi connectivity index (χ1n) is 12.2. The van der Waals surface area contributed by atoms with Gasteiger partial charge < -0.3 is 19.2 Å². The number of benzene rings is 2. The molecule has 2 amide bonds. The van der Waals surface area contributed by atoms with E-state index in [-0.39, 0.29) is 24.2 Å². The van der Waals surface area contributed by atoms with Crippen LogP contribution in [0.3, 0.4) is 0 Å². The zero-order valence-corrected chi connectivity index (χ0v) is 20.6. The number of unbranched alkanes of at least 4 members (excludes halogenated alkanes) is 1. The molecule has 188 valence electrons. The van der Waals surface area contributed by atoms with Crippen LogP contribution in [0.5, 0.6) is 11.5 Å². The number of fused-ring (bicyclic) bond motifs is 1. The summed E-state index contributed by atoms with van der Waals surface area (Å²) in [6.07, 6.45) is 4.26. The molecule has 0 aliphatic heterocycles. The molecule has 2 aromatic carbocycles. The van der Waals surface area contributed by atoms with Crippen molar-refractivity contribution in [2.45, 2.75) is 46.0 Å². The number of amides is 2. The molecule has 0 saturated carbocycles. The Morgan fingerprint density at radius 3 is 2.50 bits per heavy atom. The van der Waals surface area contributed by atoms with Gasteiger partial charge in [0.05, 0.1) is 12.3 Å². The molecule has 1 aromatic heterocycles. The molecule has 0 bridgehead atoms. The van der Waals surface area contributed by atoms with E-state index < -0.39 is 0 Å². The maximum atomic E-state index is 13.0. The van der Waals surface area contributed by atoms with E-state index >= 15 is 0 Å². The summed E-state index contributed by atoms with van der Waals surface area (Å²) in [6, 6.07) is 16.4. The molecule has 0 radical (unpaired) electrons. The van der Waals surface area contributed by atoms with Crippen LogP contribution in [0.4, 0.5) is 5.69 Å². The zero-order valence-electron chi connectivity index (χ0n) is 20.6. The molecular weight excluding hydrogens is 458 g/mol. The molecule has 2 N–H and O–H groups in total. The lowest BCUT2D eigenvalue weighted by Gasteiger charge is -2.13. The summed E-state index contributed by atoms with van der Waals surface area (Å²) in [5.41, 5.74) is 5.40. The molecule has 8 heteroatoms. The van der Waals surface area contributed by atoms with E-state index in [4.69, 9.17) is 13.9 Å². The van der Waals surface area contributed by atoms with Gasteiger partial charge in [0, 0.05) is 23.2 Å². The number of carbonyl (C=O) groups excluding carboxylic acids is 2. The number of hydrazone groups is 1. The number of aryl methyl sites for hydroxylation is 1. The predicted molar refractivity (Wildman–Crippen MR) is 138 cm³/mol. The number of ether oxygens (including phenoxy) is 2. The molecule has 3 aromatic rings. The second-order valence-electron chi connectivity index (χ2n) is 8.58. The van der Waals surface area contributed by atoms with Gasteiger partial charge in [0.2, 0.25) is 0 Å². The monoisotopic (exact) mass is 489 g/mol. The Labute approximate surface area is 210 Å². The van der Waals surface area contributed by atoms with Gasteiger partial charge in [-0.2, -0.15) is 5.10 Å². The molecule has 0 spiro atoms. The van der Waals surface area contributed by atoms with Crippen LogP contribution in [0.1, 0.15) is 60.0 Å². The first kappa shape index (κ1) is 25.0. The third kappa shape index (κ3) is 6.33. The Kier molecular flexibility index (Phi) is 8.39. The van der Waals surface area contributed by atoms with Gasteiger partial charge in [-0.3, -0.25) is 9.59 Å². The Morgan fingerprint density at radius 1 is 1.00 bits per heavy atom. The van der Waals surface area contributed by atoms with Gasteiger partial charge in [0.25, 0.3) is 11.8 Å². The predicted octanol–water partition coefficient (Wildman–Crippen LogP) is 5.25. The normalized spacial score (nSPS) is 13.7. The zero-order chi connectivity index (χ0) is 25.3. The van der Waals surface area contributed by atoms with E-state index in [1.807, 2.05) is 37.3 Å². The van der Waals surface area contributed by atoms with E-state index in [1.54, 1.807) is 24.3 Å². The third-order valence-corrected chi connectivity index (χ3v) is 5.84. The summed E-state index contributed by atoms with van der Waals surface area (Å²) < 4.78 is 17.1. The SMILES string of the molecule is CCCCOc1ccc(NC(=O)c2oc3c(c2C)/C(=N/NC(=O)COc2ccccc2)CCC3)cc1. The van der Waals surface area contributed by atoms with E-state index in [9.17, 15) is 9.59 Å². The standard InChI is InChI=1S/C28H31N3O5/c1-3-4-17-34-22-15-13-20(14-16-22)29-28(33)27-19(2)26-23(11-8-12-24(26)36-27)30-31-25(32)18-35-21-9-6-5-7-10-21/h5-7,9-10,13-16H,3-4,8,11-12,17-18H2,1-2H3,(H,29,33)(H,31,32)/b30-23+. The maximum Gasteiger partial charge on any atom is 0.291 e. The van der Waals surface area contributed by atoms with Gasteiger partial charge in [0.15, 0.2) is 12.4 Å². The van der Waals surface area contributed by atoms with Crippen LogP contribution < -0.4 is 20.2 Å². The highest BCUT2D eigenvalue weighted by molar-refractivity contribution is 6.09. The molecule has 0 fully saturated rings. The first-order chi connectivity index (χ1) is 17.5. The van der Waals surface area contributed by atoms with Crippen molar-refractivity contribution in [1.29, 1.82) is 0 Å². The number of carbonyl (C=O) groups is 2. The second kappa shape index (κ2) is 12.1. The van der Waals surface area contributed by atoms with Crippen molar-refractivity contribution >= 4 is 23.2 Å². The van der Waals surface area contributed by atoms with Crippen molar-refractivity contribution in [2.24, 2.45) is 5.10 Å². The molecule has 1 aliphatic rings. The molecule has 1 aliphatic carbocycles. The van der Waals surface area contributed by atoms with E-state index in [1.165, 1.54) is 0 Å². The molecule has 1 heterocycles. The largest absolute Gasteiger partial charge is 0.494 e. The third-order valence-electron chi connectivity index (χ3n) is 5.84. The van der Waals surface area contributed by atoms with Gasteiger partial charge in [-0.25, -0.2) is 5.43 Å². The van der Waals surface area contributed by atoms with Gasteiger partial charge in [-0.1, -0.05) is 31.5 Å². The lowest BCUT2D eigenvalue weighted by molar-refractivity contribution is -0.123. The number of nitrogens with zero attached hydrogens (tertiary/aromatic N) is 1. The van der Waals surface area contributed by atoms with Crippen LogP contribution in [0, 0.1) is 6.92 Å². The average molecular weight is 490 g/mol. The number of hydrogen-bond donors (Lipinski definition) is 2. The van der Waals surface area contributed by atoms with Crippen molar-refractivity contribution in [3.05, 3.63) is 77.2 Å². The fraction of sp³-hybridized carbons (Fsp3) is 0.321. The Morgan fingerprint density at radius 2 is 1.75 bits per heavy atom. The fourth-order valence-corrected chi connectivity index (χ4v) is 3.98. The summed E-state index contributed by atoms with van der Waals surface area (Å²) in [5, 5.41) is 7.21. The Balaban J connectivity index is 1.40. The van der Waals surface area contributed by atoms with Crippen molar-refractivity contribution in [1.82, 2.24) is 5.43 Å². The number of rotatable bonds is 10. The summed E-state index contributed by atoms with van der Waals surface area (Å²) in [4.78, 5) is 25.2. The number of hydrogen-bond acceptors (Lipinski definition) is 6. The minimum atomic E-state index is -0.361. The highest BCUT2D eigenvalue weighted by atomic mass is 16.5. The van der Waals surface area contributed by atoms with Crippen LogP contribution in [-0.2, 0) is 11.2 Å². The number of anilines is 1. The van der Waals surface area contributed by atoms with Crippen LogP contribution >= 0.6 is 0 Å². The number of furan rings is 1. The van der Waals surface area contributed by atoms with E-state index in [0.29, 0.717) is 47.9 Å². The molecule has 0 unspecified atom stereocenters. The quantitative estimate of drug-likeness (QED) is 0.299. The Hall–Kier alpha value is -4.07. The summed E-state index contributed by atoms with van der Waals surface area (Å²) in [6.45, 7) is 4.48. The summed E-state index contributed by atoms with van der Waals surface area (Å²) in [7, 11) is 0. The topological polar surface area (TPSA) is 102 Å². The van der Waals surface area contributed by atoms with Gasteiger partial charge in [-0.15, -0.1) is 0 Å². The van der Waals surface area contributed by atoms with Gasteiger partial charge >= 0.3 is 0 Å². The second-order valence-corrected chi connectivity index (χ2v) is 8.58. The number of nitrogens with one attached hydrogen (secondary N) is 2. The average Bonchev–Trinajstić information content (AvgIpc) is 3.25. The van der Waals surface area contributed by atoms with Crippen LogP contribution in [-0.4, -0.2) is 30.7 Å². The van der Waals surface area contributed by atoms with E-state index in [0.717, 1.165) is 30.6 Å². The number of para-hydroxylation sites is 1. The van der Waals surface area contributed by atoms with Crippen molar-refractivity contribution in [3.8, 4) is 11.5 Å². The summed E-state index contributed by atoms with van der Waals surface area (Å²) in [5.74, 6) is 1.64. The van der Waals surface area contributed by atoms with Crippen LogP contribution in [0.2, 0.25) is 0 Å². The minimum Gasteiger partial charge on any atom is -0.494 e. The Bertz CT molecular complexity index is 1220. The first-order valence-corrected chi connectivity index (χ1v) is 12.2. The molecule has 0 saturated heterocycles. The van der Waals surface area contributed by atoms with Crippen LogP contribution in [0.25, 0.3) is 0 Å². The molecular formula is C28H31N3O5. The van der Waals surface area contributed by atoms with Crippen molar-refractivity contribution in [3.63, 3.8) is 0 Å².